The van der Waals surface area contributed by atoms with Gasteiger partial charge in [-0.3, -0.25) is 4.79 Å². The molecule has 0 radical (unpaired) electrons. The van der Waals surface area contributed by atoms with E-state index in [-0.39, 0.29) is 14.3 Å². The molecule has 9 heavy (non-hydrogen) atoms. The molecule has 0 aromatic heterocycles. The van der Waals surface area contributed by atoms with E-state index < -0.39 is 0 Å². The Balaban J connectivity index is 0. The first kappa shape index (κ1) is 6.55. The van der Waals surface area contributed by atoms with Crippen LogP contribution in [-0.2, 0) is 4.79 Å². The van der Waals surface area contributed by atoms with Crippen molar-refractivity contribution in [2.75, 3.05) is 13.6 Å². The molecule has 0 spiro atoms. The zero-order valence-electron chi connectivity index (χ0n) is 5.82. The summed E-state index contributed by atoms with van der Waals surface area (Å²) in [6.45, 7) is 2.87. The molecule has 0 aromatic rings. The van der Waals surface area contributed by atoms with Crippen LogP contribution in [0, 0.1) is 0 Å². The summed E-state index contributed by atoms with van der Waals surface area (Å²) in [5.74, 6) is 0.0914. The Kier molecular flexibility index (Phi) is 1.45. The lowest BCUT2D eigenvalue weighted by atomic mass is 9.89. The number of likely N-dealkylation sites (N-methyl/N-ethyl adjacent to an activating group) is 1. The maximum absolute atomic E-state index is 10.9. The average molecular weight is 132 g/mol. The molecule has 1 amide bonds. The van der Waals surface area contributed by atoms with Gasteiger partial charge in [-0.15, -0.1) is 0 Å². The first-order chi connectivity index (χ1) is 4.19. The molecular formula is C6H16N2O. The minimum absolute atomic E-state index is 0. The van der Waals surface area contributed by atoms with Crippen LogP contribution >= 0.6 is 0 Å². The van der Waals surface area contributed by atoms with Crippen LogP contribution in [0.3, 0.4) is 0 Å². The third-order valence-corrected chi connectivity index (χ3v) is 1.87. The average Bonchev–Trinajstić information content (AvgIpc) is 1.81. The fourth-order valence-corrected chi connectivity index (χ4v) is 0.970. The molecule has 0 unspecified atom stereocenters. The predicted molar refractivity (Wildman–Crippen MR) is 39.3 cm³/mol. The maximum atomic E-state index is 10.9. The number of nitrogens with one attached hydrogen (secondary N) is 2. The van der Waals surface area contributed by atoms with E-state index in [1.165, 1.54) is 0 Å². The Labute approximate surface area is 57.8 Å². The topological polar surface area (TPSA) is 41.1 Å². The smallest absolute Gasteiger partial charge is 0.239 e. The lowest BCUT2D eigenvalue weighted by Crippen LogP contribution is -2.63. The Morgan fingerprint density at radius 3 is 2.56 bits per heavy atom. The van der Waals surface area contributed by atoms with Gasteiger partial charge >= 0.3 is 0 Å². The Morgan fingerprint density at radius 2 is 2.44 bits per heavy atom. The minimum Gasteiger partial charge on any atom is -0.358 e. The highest BCUT2D eigenvalue weighted by Gasteiger charge is 2.37. The molecule has 1 rings (SSSR count). The van der Waals surface area contributed by atoms with E-state index in [9.17, 15) is 4.79 Å². The second-order valence-corrected chi connectivity index (χ2v) is 2.59. The third-order valence-electron chi connectivity index (χ3n) is 1.87. The molecule has 1 fully saturated rings. The Morgan fingerprint density at radius 1 is 1.89 bits per heavy atom. The molecular weight excluding hydrogens is 116 g/mol. The van der Waals surface area contributed by atoms with Gasteiger partial charge in [0, 0.05) is 9.90 Å². The molecule has 3 nitrogen and oxygen atoms in total. The van der Waals surface area contributed by atoms with E-state index in [0.717, 1.165) is 13.0 Å². The second kappa shape index (κ2) is 1.99. The fraction of sp³-hybridized carbons (Fsp3) is 0.833. The van der Waals surface area contributed by atoms with Crippen LogP contribution in [0.1, 0.15) is 16.2 Å². The van der Waals surface area contributed by atoms with Gasteiger partial charge in [0.15, 0.2) is 0 Å². The highest BCUT2D eigenvalue weighted by atomic mass is 16.2. The molecule has 1 saturated heterocycles. The quantitative estimate of drug-likeness (QED) is 0.526. The largest absolute Gasteiger partial charge is 0.358 e. The van der Waals surface area contributed by atoms with Crippen LogP contribution in [0.4, 0.5) is 0 Å². The standard InChI is InChI=1S/C6H12N2O.2H2/c1-6(3-4-8-6)5(9)7-2;;/h8H,3-4H2,1-2H3,(H,7,9);2*1H/t6-;;/m0../s1. The zero-order chi connectivity index (χ0) is 6.91. The molecule has 0 aliphatic carbocycles. The molecule has 1 heterocycles. The Bertz CT molecular complexity index is 137. The van der Waals surface area contributed by atoms with Crippen molar-refractivity contribution in [2.45, 2.75) is 18.9 Å². The number of carbonyl (C=O) groups excluding carboxylic acids is 1. The summed E-state index contributed by atoms with van der Waals surface area (Å²) in [4.78, 5) is 10.9. The van der Waals surface area contributed by atoms with Gasteiger partial charge in [0.2, 0.25) is 5.91 Å². The van der Waals surface area contributed by atoms with Gasteiger partial charge in [0.25, 0.3) is 0 Å². The van der Waals surface area contributed by atoms with Gasteiger partial charge in [0.1, 0.15) is 0 Å². The molecule has 2 N–H and O–H groups in total. The highest BCUT2D eigenvalue weighted by molar-refractivity contribution is 5.86. The molecule has 1 atom stereocenters. The van der Waals surface area contributed by atoms with Crippen molar-refractivity contribution in [1.29, 1.82) is 0 Å². The van der Waals surface area contributed by atoms with E-state index >= 15 is 0 Å². The molecule has 3 heteroatoms. The maximum Gasteiger partial charge on any atom is 0.239 e. The molecule has 1 aliphatic heterocycles. The van der Waals surface area contributed by atoms with Crippen molar-refractivity contribution >= 4 is 5.91 Å². The SMILES string of the molecule is CNC(=O)[C@]1(C)CCN1.[HH].[HH]. The van der Waals surface area contributed by atoms with Crippen LogP contribution in [-0.4, -0.2) is 25.0 Å². The summed E-state index contributed by atoms with van der Waals surface area (Å²) in [5, 5.41) is 5.67. The summed E-state index contributed by atoms with van der Waals surface area (Å²) < 4.78 is 0. The lowest BCUT2D eigenvalue weighted by molar-refractivity contribution is -0.129. The Hall–Kier alpha value is -0.570. The summed E-state index contributed by atoms with van der Waals surface area (Å²) in [7, 11) is 1.66. The van der Waals surface area contributed by atoms with E-state index in [1.54, 1.807) is 7.05 Å². The van der Waals surface area contributed by atoms with E-state index in [4.69, 9.17) is 0 Å². The monoisotopic (exact) mass is 132 g/mol. The van der Waals surface area contributed by atoms with Crippen LogP contribution in [0.2, 0.25) is 0 Å². The molecule has 0 saturated carbocycles. The van der Waals surface area contributed by atoms with Gasteiger partial charge < -0.3 is 10.6 Å². The third kappa shape index (κ3) is 0.920. The van der Waals surface area contributed by atoms with Crippen LogP contribution in [0.5, 0.6) is 0 Å². The van der Waals surface area contributed by atoms with Gasteiger partial charge in [-0.2, -0.15) is 0 Å². The van der Waals surface area contributed by atoms with Crippen molar-refractivity contribution < 1.29 is 7.65 Å². The van der Waals surface area contributed by atoms with E-state index in [2.05, 4.69) is 10.6 Å². The van der Waals surface area contributed by atoms with Gasteiger partial charge in [-0.25, -0.2) is 0 Å². The molecule has 1 aliphatic rings. The number of hydrogen-bond acceptors (Lipinski definition) is 2. The lowest BCUT2D eigenvalue weighted by Gasteiger charge is -2.37. The van der Waals surface area contributed by atoms with Crippen LogP contribution in [0.15, 0.2) is 0 Å². The summed E-state index contributed by atoms with van der Waals surface area (Å²) in [5.41, 5.74) is -0.269. The first-order valence-corrected chi connectivity index (χ1v) is 3.16. The van der Waals surface area contributed by atoms with Crippen LogP contribution < -0.4 is 10.6 Å². The van der Waals surface area contributed by atoms with Crippen molar-refractivity contribution in [3.8, 4) is 0 Å². The van der Waals surface area contributed by atoms with Crippen molar-refractivity contribution in [1.82, 2.24) is 10.6 Å². The molecule has 56 valence electrons. The second-order valence-electron chi connectivity index (χ2n) is 2.59. The van der Waals surface area contributed by atoms with Crippen molar-refractivity contribution in [2.24, 2.45) is 0 Å². The van der Waals surface area contributed by atoms with Crippen LogP contribution in [0.25, 0.3) is 0 Å². The zero-order valence-corrected chi connectivity index (χ0v) is 5.82. The number of rotatable bonds is 1. The minimum atomic E-state index is -0.269. The van der Waals surface area contributed by atoms with Crippen molar-refractivity contribution in [3.05, 3.63) is 0 Å². The van der Waals surface area contributed by atoms with Crippen molar-refractivity contribution in [3.63, 3.8) is 0 Å². The summed E-state index contributed by atoms with van der Waals surface area (Å²) >= 11 is 0. The summed E-state index contributed by atoms with van der Waals surface area (Å²) in [6.07, 6.45) is 0.951. The predicted octanol–water partition coefficient (Wildman–Crippen LogP) is -0.0236. The highest BCUT2D eigenvalue weighted by Crippen LogP contribution is 2.16. The normalized spacial score (nSPS) is 33.1. The number of amides is 1. The number of hydrogen-bond donors (Lipinski definition) is 2. The number of carbonyl (C=O) groups is 1. The summed E-state index contributed by atoms with van der Waals surface area (Å²) in [6, 6.07) is 0. The van der Waals surface area contributed by atoms with E-state index in [1.807, 2.05) is 6.92 Å². The fourth-order valence-electron chi connectivity index (χ4n) is 0.970. The molecule has 0 bridgehead atoms. The van der Waals surface area contributed by atoms with Gasteiger partial charge in [-0.1, -0.05) is 0 Å². The van der Waals surface area contributed by atoms with Gasteiger partial charge in [-0.05, 0) is 19.9 Å². The van der Waals surface area contributed by atoms with Gasteiger partial charge in [0.05, 0.1) is 5.54 Å². The molecule has 0 aromatic carbocycles. The van der Waals surface area contributed by atoms with E-state index in [0.29, 0.717) is 0 Å². The first-order valence-electron chi connectivity index (χ1n) is 3.16.